The van der Waals surface area contributed by atoms with Gasteiger partial charge in [-0.25, -0.2) is 0 Å². The number of rotatable bonds is 1. The van der Waals surface area contributed by atoms with Gasteiger partial charge in [0.05, 0.1) is 35.4 Å². The summed E-state index contributed by atoms with van der Waals surface area (Å²) in [7, 11) is 0. The van der Waals surface area contributed by atoms with Crippen LogP contribution in [0.2, 0.25) is 0 Å². The number of hydrogen-bond donors (Lipinski definition) is 1. The Morgan fingerprint density at radius 2 is 2.21 bits per heavy atom. The standard InChI is InChI=1S/C18H18N2O3S/c1-11-9-20(14-5-3-2-4-13(14)19-17(11)21)18(22)16-8-12-10-23-7-6-15(12)24-16/h2-5,8,11H,6-7,9-10H2,1H3,(H,19,21). The van der Waals surface area contributed by atoms with Gasteiger partial charge in [0.1, 0.15) is 0 Å². The zero-order valence-electron chi connectivity index (χ0n) is 13.4. The number of anilines is 2. The van der Waals surface area contributed by atoms with E-state index in [1.165, 1.54) is 4.88 Å². The van der Waals surface area contributed by atoms with E-state index >= 15 is 0 Å². The average molecular weight is 342 g/mol. The lowest BCUT2D eigenvalue weighted by Crippen LogP contribution is -2.35. The van der Waals surface area contributed by atoms with E-state index < -0.39 is 0 Å². The number of thiophene rings is 1. The van der Waals surface area contributed by atoms with Crippen molar-refractivity contribution in [1.29, 1.82) is 0 Å². The molecular formula is C18H18N2O3S. The number of ether oxygens (including phenoxy) is 1. The quantitative estimate of drug-likeness (QED) is 0.866. The summed E-state index contributed by atoms with van der Waals surface area (Å²) in [6.45, 7) is 3.50. The molecule has 0 radical (unpaired) electrons. The average Bonchev–Trinajstić information content (AvgIpc) is 2.98. The van der Waals surface area contributed by atoms with Crippen LogP contribution in [0.3, 0.4) is 0 Å². The summed E-state index contributed by atoms with van der Waals surface area (Å²) in [5.74, 6) is -0.374. The van der Waals surface area contributed by atoms with Crippen molar-refractivity contribution in [3.05, 3.63) is 45.6 Å². The minimum Gasteiger partial charge on any atom is -0.376 e. The van der Waals surface area contributed by atoms with Gasteiger partial charge in [-0.1, -0.05) is 19.1 Å². The van der Waals surface area contributed by atoms with Crippen LogP contribution in [-0.4, -0.2) is 25.0 Å². The monoisotopic (exact) mass is 342 g/mol. The molecule has 0 aliphatic carbocycles. The number of hydrogen-bond acceptors (Lipinski definition) is 4. The lowest BCUT2D eigenvalue weighted by atomic mass is 10.1. The fourth-order valence-electron chi connectivity index (χ4n) is 3.10. The van der Waals surface area contributed by atoms with Crippen LogP contribution in [-0.2, 0) is 22.6 Å². The van der Waals surface area contributed by atoms with Crippen molar-refractivity contribution in [1.82, 2.24) is 0 Å². The Morgan fingerprint density at radius 3 is 3.04 bits per heavy atom. The van der Waals surface area contributed by atoms with Gasteiger partial charge in [-0.05, 0) is 23.8 Å². The van der Waals surface area contributed by atoms with Crippen molar-refractivity contribution in [3.63, 3.8) is 0 Å². The van der Waals surface area contributed by atoms with Crippen molar-refractivity contribution < 1.29 is 14.3 Å². The first kappa shape index (κ1) is 15.4. The topological polar surface area (TPSA) is 58.6 Å². The molecule has 0 saturated heterocycles. The summed E-state index contributed by atoms with van der Waals surface area (Å²) in [6, 6.07) is 9.39. The largest absolute Gasteiger partial charge is 0.376 e. The van der Waals surface area contributed by atoms with Crippen molar-refractivity contribution in [2.45, 2.75) is 20.0 Å². The maximum Gasteiger partial charge on any atom is 0.268 e. The molecule has 4 rings (SSSR count). The SMILES string of the molecule is CC1CN(C(=O)c2cc3c(s2)CCOC3)c2ccccc2NC1=O. The molecule has 1 aromatic carbocycles. The Kier molecular flexibility index (Phi) is 3.86. The van der Waals surface area contributed by atoms with Gasteiger partial charge >= 0.3 is 0 Å². The Morgan fingerprint density at radius 1 is 1.38 bits per heavy atom. The zero-order valence-corrected chi connectivity index (χ0v) is 14.2. The van der Waals surface area contributed by atoms with Crippen molar-refractivity contribution in [2.24, 2.45) is 5.92 Å². The summed E-state index contributed by atoms with van der Waals surface area (Å²) in [5, 5.41) is 2.91. The molecule has 2 aliphatic heterocycles. The predicted octanol–water partition coefficient (Wildman–Crippen LogP) is 3.06. The maximum atomic E-state index is 13.1. The Hall–Kier alpha value is -2.18. The number of benzene rings is 1. The summed E-state index contributed by atoms with van der Waals surface area (Å²) in [6.07, 6.45) is 0.861. The van der Waals surface area contributed by atoms with Crippen LogP contribution in [0.4, 0.5) is 11.4 Å². The fourth-order valence-corrected chi connectivity index (χ4v) is 4.20. The van der Waals surface area contributed by atoms with Crippen LogP contribution in [0.1, 0.15) is 27.0 Å². The van der Waals surface area contributed by atoms with E-state index in [1.807, 2.05) is 37.3 Å². The van der Waals surface area contributed by atoms with Crippen LogP contribution in [0.5, 0.6) is 0 Å². The highest BCUT2D eigenvalue weighted by Gasteiger charge is 2.30. The highest BCUT2D eigenvalue weighted by molar-refractivity contribution is 7.14. The first-order valence-corrected chi connectivity index (χ1v) is 8.86. The summed E-state index contributed by atoms with van der Waals surface area (Å²) >= 11 is 1.54. The first-order chi connectivity index (χ1) is 11.6. The van der Waals surface area contributed by atoms with Gasteiger partial charge < -0.3 is 15.0 Å². The van der Waals surface area contributed by atoms with E-state index in [1.54, 1.807) is 16.2 Å². The molecule has 2 amide bonds. The molecular weight excluding hydrogens is 324 g/mol. The van der Waals surface area contributed by atoms with E-state index in [2.05, 4.69) is 5.32 Å². The van der Waals surface area contributed by atoms with Gasteiger partial charge in [0.2, 0.25) is 5.91 Å². The predicted molar refractivity (Wildman–Crippen MR) is 93.6 cm³/mol. The molecule has 0 saturated carbocycles. The molecule has 6 heteroatoms. The number of amides is 2. The van der Waals surface area contributed by atoms with E-state index in [-0.39, 0.29) is 17.7 Å². The first-order valence-electron chi connectivity index (χ1n) is 8.04. The molecule has 2 aromatic rings. The van der Waals surface area contributed by atoms with Crippen LogP contribution in [0.25, 0.3) is 0 Å². The number of carbonyl (C=O) groups is 2. The minimum atomic E-state index is -0.265. The van der Waals surface area contributed by atoms with Crippen LogP contribution in [0.15, 0.2) is 30.3 Å². The molecule has 0 fully saturated rings. The van der Waals surface area contributed by atoms with Crippen LogP contribution >= 0.6 is 11.3 Å². The molecule has 1 aromatic heterocycles. The number of carbonyl (C=O) groups excluding carboxylic acids is 2. The van der Waals surface area contributed by atoms with Crippen molar-refractivity contribution in [2.75, 3.05) is 23.4 Å². The Labute approximate surface area is 144 Å². The second-order valence-corrected chi connectivity index (χ2v) is 7.32. The van der Waals surface area contributed by atoms with Gasteiger partial charge in [-0.2, -0.15) is 0 Å². The summed E-state index contributed by atoms with van der Waals surface area (Å²) in [5.41, 5.74) is 2.55. The van der Waals surface area contributed by atoms with Gasteiger partial charge in [-0.15, -0.1) is 11.3 Å². The van der Waals surface area contributed by atoms with Gasteiger partial charge in [0.15, 0.2) is 0 Å². The highest BCUT2D eigenvalue weighted by Crippen LogP contribution is 2.33. The number of para-hydroxylation sites is 2. The highest BCUT2D eigenvalue weighted by atomic mass is 32.1. The molecule has 0 spiro atoms. The lowest BCUT2D eigenvalue weighted by molar-refractivity contribution is -0.119. The van der Waals surface area contributed by atoms with E-state index in [4.69, 9.17) is 4.74 Å². The van der Waals surface area contributed by atoms with Gasteiger partial charge in [0, 0.05) is 17.8 Å². The number of fused-ring (bicyclic) bond motifs is 2. The minimum absolute atomic E-state index is 0.0507. The second kappa shape index (κ2) is 6.03. The molecule has 1 N–H and O–H groups in total. The number of nitrogens with zero attached hydrogens (tertiary/aromatic N) is 1. The number of nitrogens with one attached hydrogen (secondary N) is 1. The molecule has 3 heterocycles. The molecule has 5 nitrogen and oxygen atoms in total. The normalized spacial score (nSPS) is 20.0. The molecule has 24 heavy (non-hydrogen) atoms. The van der Waals surface area contributed by atoms with Crippen LogP contribution < -0.4 is 10.2 Å². The van der Waals surface area contributed by atoms with Crippen molar-refractivity contribution in [3.8, 4) is 0 Å². The zero-order chi connectivity index (χ0) is 16.7. The molecule has 2 aliphatic rings. The summed E-state index contributed by atoms with van der Waals surface area (Å²) in [4.78, 5) is 29.0. The summed E-state index contributed by atoms with van der Waals surface area (Å²) < 4.78 is 5.47. The van der Waals surface area contributed by atoms with E-state index in [0.717, 1.165) is 17.7 Å². The third-order valence-corrected chi connectivity index (χ3v) is 5.67. The third-order valence-electron chi connectivity index (χ3n) is 4.44. The lowest BCUT2D eigenvalue weighted by Gasteiger charge is -2.22. The fraction of sp³-hybridized carbons (Fsp3) is 0.333. The smallest absolute Gasteiger partial charge is 0.268 e. The van der Waals surface area contributed by atoms with Crippen LogP contribution in [0, 0.1) is 5.92 Å². The van der Waals surface area contributed by atoms with Gasteiger partial charge in [0.25, 0.3) is 5.91 Å². The molecule has 0 bridgehead atoms. The van der Waals surface area contributed by atoms with E-state index in [0.29, 0.717) is 30.3 Å². The molecule has 1 unspecified atom stereocenters. The van der Waals surface area contributed by atoms with E-state index in [9.17, 15) is 9.59 Å². The third kappa shape index (κ3) is 2.61. The molecule has 1 atom stereocenters. The van der Waals surface area contributed by atoms with Crippen molar-refractivity contribution >= 4 is 34.5 Å². The second-order valence-electron chi connectivity index (χ2n) is 6.18. The van der Waals surface area contributed by atoms with Gasteiger partial charge in [-0.3, -0.25) is 9.59 Å². The molecule has 124 valence electrons. The maximum absolute atomic E-state index is 13.1. The Balaban J connectivity index is 1.72. The Bertz CT molecular complexity index is 791.